The van der Waals surface area contributed by atoms with Crippen LogP contribution in [-0.2, 0) is 27.9 Å². The van der Waals surface area contributed by atoms with Crippen molar-refractivity contribution in [2.45, 2.75) is 17.9 Å². The van der Waals surface area contributed by atoms with E-state index in [4.69, 9.17) is 0 Å². The standard InChI is InChI=1S/C15H18BrN3O3S2/c1-11-7-13(3-4-14(11)16)24(21,22)19-5-6-23(20)10-15(19)12-8-17-18(2)9-12/h3-4,7-9,15H,5-6,10H2,1-2H3/t15-,23-/m1/s1. The lowest BCUT2D eigenvalue weighted by molar-refractivity contribution is 0.351. The molecule has 1 aromatic carbocycles. The minimum Gasteiger partial charge on any atom is -0.275 e. The first-order valence-electron chi connectivity index (χ1n) is 7.40. The summed E-state index contributed by atoms with van der Waals surface area (Å²) in [6.45, 7) is 2.09. The maximum atomic E-state index is 13.1. The lowest BCUT2D eigenvalue weighted by Crippen LogP contribution is -2.44. The van der Waals surface area contributed by atoms with Gasteiger partial charge in [-0.05, 0) is 30.7 Å². The summed E-state index contributed by atoms with van der Waals surface area (Å²) in [6.07, 6.45) is 3.42. The van der Waals surface area contributed by atoms with Gasteiger partial charge in [0.25, 0.3) is 0 Å². The largest absolute Gasteiger partial charge is 0.275 e. The summed E-state index contributed by atoms with van der Waals surface area (Å²) in [6, 6.07) is 4.54. The minimum absolute atomic E-state index is 0.240. The zero-order valence-electron chi connectivity index (χ0n) is 13.3. The molecule has 1 aromatic heterocycles. The van der Waals surface area contributed by atoms with Crippen LogP contribution < -0.4 is 0 Å². The molecule has 0 bridgehead atoms. The predicted octanol–water partition coefficient (Wildman–Crippen LogP) is 1.99. The summed E-state index contributed by atoms with van der Waals surface area (Å²) >= 11 is 3.39. The molecular weight excluding hydrogens is 414 g/mol. The fraction of sp³-hybridized carbons (Fsp3) is 0.400. The Hall–Kier alpha value is -1.03. The molecule has 0 aliphatic carbocycles. The zero-order chi connectivity index (χ0) is 17.5. The van der Waals surface area contributed by atoms with Crippen molar-refractivity contribution in [2.24, 2.45) is 7.05 Å². The topological polar surface area (TPSA) is 72.3 Å². The van der Waals surface area contributed by atoms with Crippen molar-refractivity contribution in [1.29, 1.82) is 0 Å². The molecule has 2 aromatic rings. The van der Waals surface area contributed by atoms with Gasteiger partial charge in [-0.15, -0.1) is 0 Å². The second kappa shape index (κ2) is 6.70. The molecule has 0 unspecified atom stereocenters. The molecule has 2 heterocycles. The van der Waals surface area contributed by atoms with E-state index in [0.717, 1.165) is 15.6 Å². The molecule has 0 spiro atoms. The van der Waals surface area contributed by atoms with Crippen molar-refractivity contribution in [3.63, 3.8) is 0 Å². The number of hydrogen-bond acceptors (Lipinski definition) is 4. The number of aryl methyl sites for hydroxylation is 2. The van der Waals surface area contributed by atoms with E-state index >= 15 is 0 Å². The van der Waals surface area contributed by atoms with E-state index in [1.807, 2.05) is 6.92 Å². The Bertz CT molecular complexity index is 895. The molecule has 0 radical (unpaired) electrons. The number of benzene rings is 1. The van der Waals surface area contributed by atoms with Crippen LogP contribution in [0.4, 0.5) is 0 Å². The summed E-state index contributed by atoms with van der Waals surface area (Å²) in [5.41, 5.74) is 1.62. The Kier molecular flexibility index (Phi) is 4.96. The normalized spacial score (nSPS) is 22.6. The van der Waals surface area contributed by atoms with Gasteiger partial charge in [0, 0.05) is 52.1 Å². The Morgan fingerprint density at radius 1 is 1.38 bits per heavy atom. The van der Waals surface area contributed by atoms with Gasteiger partial charge in [0.15, 0.2) is 0 Å². The van der Waals surface area contributed by atoms with E-state index in [1.165, 1.54) is 4.31 Å². The number of aromatic nitrogens is 2. The van der Waals surface area contributed by atoms with Crippen molar-refractivity contribution in [3.8, 4) is 0 Å². The average Bonchev–Trinajstić information content (AvgIpc) is 2.96. The molecule has 0 saturated carbocycles. The van der Waals surface area contributed by atoms with E-state index in [0.29, 0.717) is 11.5 Å². The molecule has 0 amide bonds. The van der Waals surface area contributed by atoms with Crippen molar-refractivity contribution in [2.75, 3.05) is 18.1 Å². The summed E-state index contributed by atoms with van der Waals surface area (Å²) in [5.74, 6) is 0.645. The van der Waals surface area contributed by atoms with E-state index in [-0.39, 0.29) is 11.4 Å². The number of halogens is 1. The highest BCUT2D eigenvalue weighted by Crippen LogP contribution is 2.32. The highest BCUT2D eigenvalue weighted by molar-refractivity contribution is 9.10. The molecule has 9 heteroatoms. The van der Waals surface area contributed by atoms with E-state index in [9.17, 15) is 12.6 Å². The molecule has 6 nitrogen and oxygen atoms in total. The first-order valence-corrected chi connectivity index (χ1v) is 11.1. The average molecular weight is 432 g/mol. The summed E-state index contributed by atoms with van der Waals surface area (Å²) in [4.78, 5) is 0.254. The van der Waals surface area contributed by atoms with Gasteiger partial charge in [0.1, 0.15) is 0 Å². The van der Waals surface area contributed by atoms with Crippen molar-refractivity contribution >= 4 is 36.8 Å². The zero-order valence-corrected chi connectivity index (χ0v) is 16.6. The van der Waals surface area contributed by atoms with Crippen LogP contribution in [0.25, 0.3) is 0 Å². The van der Waals surface area contributed by atoms with Crippen LogP contribution in [0.2, 0.25) is 0 Å². The Morgan fingerprint density at radius 2 is 2.12 bits per heavy atom. The van der Waals surface area contributed by atoms with E-state index in [2.05, 4.69) is 21.0 Å². The van der Waals surface area contributed by atoms with E-state index < -0.39 is 26.9 Å². The van der Waals surface area contributed by atoms with Crippen LogP contribution in [0.15, 0.2) is 40.0 Å². The predicted molar refractivity (Wildman–Crippen MR) is 96.6 cm³/mol. The fourth-order valence-corrected chi connectivity index (χ4v) is 6.21. The Balaban J connectivity index is 2.03. The smallest absolute Gasteiger partial charge is 0.243 e. The molecule has 1 aliphatic rings. The number of nitrogens with zero attached hydrogens (tertiary/aromatic N) is 3. The van der Waals surface area contributed by atoms with Gasteiger partial charge in [0.05, 0.1) is 17.1 Å². The third-order valence-corrected chi connectivity index (χ3v) is 8.20. The molecule has 3 rings (SSSR count). The molecule has 0 N–H and O–H groups in total. The van der Waals surface area contributed by atoms with Crippen LogP contribution in [-0.4, -0.2) is 44.8 Å². The molecule has 130 valence electrons. The van der Waals surface area contributed by atoms with Gasteiger partial charge in [-0.3, -0.25) is 8.89 Å². The van der Waals surface area contributed by atoms with Crippen molar-refractivity contribution in [1.82, 2.24) is 14.1 Å². The SMILES string of the molecule is Cc1cc(S(=O)(=O)N2CC[S@@](=O)C[C@@H]2c2cnn(C)c2)ccc1Br. The monoisotopic (exact) mass is 431 g/mol. The highest BCUT2D eigenvalue weighted by atomic mass is 79.9. The molecule has 1 saturated heterocycles. The molecule has 1 aliphatic heterocycles. The summed E-state index contributed by atoms with van der Waals surface area (Å²) in [7, 11) is -2.93. The summed E-state index contributed by atoms with van der Waals surface area (Å²) < 4.78 is 42.2. The second-order valence-corrected chi connectivity index (χ2v) is 10.2. The fourth-order valence-electron chi connectivity index (χ4n) is 2.77. The van der Waals surface area contributed by atoms with Crippen LogP contribution in [0, 0.1) is 6.92 Å². The van der Waals surface area contributed by atoms with Gasteiger partial charge in [-0.25, -0.2) is 8.42 Å². The maximum Gasteiger partial charge on any atom is 0.243 e. The number of sulfonamides is 1. The van der Waals surface area contributed by atoms with Crippen LogP contribution in [0.5, 0.6) is 0 Å². The Labute approximate surface area is 152 Å². The lowest BCUT2D eigenvalue weighted by atomic mass is 10.2. The minimum atomic E-state index is -3.67. The maximum absolute atomic E-state index is 13.1. The summed E-state index contributed by atoms with van der Waals surface area (Å²) in [5, 5.41) is 4.12. The van der Waals surface area contributed by atoms with Crippen LogP contribution in [0.1, 0.15) is 17.2 Å². The third kappa shape index (κ3) is 3.35. The second-order valence-electron chi connectivity index (χ2n) is 5.80. The van der Waals surface area contributed by atoms with Gasteiger partial charge in [0.2, 0.25) is 10.0 Å². The lowest BCUT2D eigenvalue weighted by Gasteiger charge is -2.33. The van der Waals surface area contributed by atoms with Crippen LogP contribution in [0.3, 0.4) is 0 Å². The van der Waals surface area contributed by atoms with Gasteiger partial charge in [-0.1, -0.05) is 15.9 Å². The van der Waals surface area contributed by atoms with Gasteiger partial charge >= 0.3 is 0 Å². The third-order valence-electron chi connectivity index (χ3n) is 4.08. The first kappa shape index (κ1) is 17.8. The highest BCUT2D eigenvalue weighted by Gasteiger charge is 2.37. The number of hydrogen-bond donors (Lipinski definition) is 0. The van der Waals surface area contributed by atoms with Crippen molar-refractivity contribution < 1.29 is 12.6 Å². The first-order chi connectivity index (χ1) is 11.3. The number of rotatable bonds is 3. The Morgan fingerprint density at radius 3 is 2.75 bits per heavy atom. The van der Waals surface area contributed by atoms with Gasteiger partial charge in [-0.2, -0.15) is 9.40 Å². The molecular formula is C15H18BrN3O3S2. The van der Waals surface area contributed by atoms with E-state index in [1.54, 1.807) is 42.3 Å². The molecule has 24 heavy (non-hydrogen) atoms. The van der Waals surface area contributed by atoms with Crippen molar-refractivity contribution in [3.05, 3.63) is 46.2 Å². The quantitative estimate of drug-likeness (QED) is 0.744. The van der Waals surface area contributed by atoms with Gasteiger partial charge < -0.3 is 0 Å². The van der Waals surface area contributed by atoms with Crippen LogP contribution >= 0.6 is 15.9 Å². The molecule has 1 fully saturated rings. The molecule has 2 atom stereocenters.